The minimum Gasteiger partial charge on any atom is -0.493 e. The molecule has 5 nitrogen and oxygen atoms in total. The van der Waals surface area contributed by atoms with Gasteiger partial charge in [-0.05, 0) is 12.1 Å². The first kappa shape index (κ1) is 14.0. The first-order chi connectivity index (χ1) is 8.63. The van der Waals surface area contributed by atoms with Crippen molar-refractivity contribution in [1.82, 2.24) is 0 Å². The van der Waals surface area contributed by atoms with Crippen LogP contribution < -0.4 is 9.47 Å². The highest BCUT2D eigenvalue weighted by Crippen LogP contribution is 2.31. The fourth-order valence-corrected chi connectivity index (χ4v) is 1.56. The number of hydrogen-bond donors (Lipinski definition) is 0. The Kier molecular flexibility index (Phi) is 5.17. The molecule has 1 aromatic carbocycles. The third-order valence-electron chi connectivity index (χ3n) is 2.49. The minimum atomic E-state index is -0.412. The van der Waals surface area contributed by atoms with Gasteiger partial charge in [-0.2, -0.15) is 0 Å². The van der Waals surface area contributed by atoms with E-state index in [9.17, 15) is 9.59 Å². The lowest BCUT2D eigenvalue weighted by atomic mass is 10.0. The number of rotatable bonds is 6. The predicted octanol–water partition coefficient (Wildman–Crippen LogP) is 1.84. The molecule has 5 heteroatoms. The molecule has 18 heavy (non-hydrogen) atoms. The first-order valence-corrected chi connectivity index (χ1v) is 5.45. The van der Waals surface area contributed by atoms with Crippen molar-refractivity contribution in [3.8, 4) is 11.5 Å². The Morgan fingerprint density at radius 2 is 1.78 bits per heavy atom. The molecule has 0 atom stereocenters. The molecule has 0 fully saturated rings. The van der Waals surface area contributed by atoms with Gasteiger partial charge >= 0.3 is 5.97 Å². The van der Waals surface area contributed by atoms with Gasteiger partial charge in [0.05, 0.1) is 33.3 Å². The maximum absolute atomic E-state index is 12.0. The van der Waals surface area contributed by atoms with Crippen LogP contribution in [0.3, 0.4) is 0 Å². The lowest BCUT2D eigenvalue weighted by Crippen LogP contribution is -2.07. The first-order valence-electron chi connectivity index (χ1n) is 5.45. The van der Waals surface area contributed by atoms with Crippen LogP contribution in [0.25, 0.3) is 0 Å². The van der Waals surface area contributed by atoms with E-state index in [0.29, 0.717) is 17.1 Å². The van der Waals surface area contributed by atoms with E-state index in [0.717, 1.165) is 0 Å². The van der Waals surface area contributed by atoms with E-state index in [1.54, 1.807) is 18.2 Å². The Hall–Kier alpha value is -2.04. The van der Waals surface area contributed by atoms with Crippen molar-refractivity contribution >= 4 is 11.8 Å². The zero-order chi connectivity index (χ0) is 13.5. The van der Waals surface area contributed by atoms with Crippen molar-refractivity contribution in [1.29, 1.82) is 0 Å². The molecule has 0 aliphatic heterocycles. The number of ether oxygens (including phenoxy) is 3. The van der Waals surface area contributed by atoms with Gasteiger partial charge in [0.2, 0.25) is 0 Å². The van der Waals surface area contributed by atoms with Crippen molar-refractivity contribution in [3.05, 3.63) is 23.8 Å². The molecule has 0 unspecified atom stereocenters. The average Bonchev–Trinajstić information content (AvgIpc) is 2.42. The normalized spacial score (nSPS) is 9.72. The maximum Gasteiger partial charge on any atom is 0.305 e. The summed E-state index contributed by atoms with van der Waals surface area (Å²) in [5.74, 6) is 0.276. The fraction of sp³-hybridized carbons (Fsp3) is 0.385. The van der Waals surface area contributed by atoms with Crippen LogP contribution in [0, 0.1) is 0 Å². The van der Waals surface area contributed by atoms with Gasteiger partial charge in [0.15, 0.2) is 17.3 Å². The second-order valence-electron chi connectivity index (χ2n) is 3.54. The Balaban J connectivity index is 2.88. The third-order valence-corrected chi connectivity index (χ3v) is 2.49. The lowest BCUT2D eigenvalue weighted by molar-refractivity contribution is -0.140. The predicted molar refractivity (Wildman–Crippen MR) is 65.1 cm³/mol. The molecule has 98 valence electrons. The number of hydrogen-bond acceptors (Lipinski definition) is 5. The number of carbonyl (C=O) groups is 2. The lowest BCUT2D eigenvalue weighted by Gasteiger charge is -2.11. The Morgan fingerprint density at radius 1 is 1.06 bits per heavy atom. The highest BCUT2D eigenvalue weighted by molar-refractivity contribution is 6.00. The van der Waals surface area contributed by atoms with Crippen molar-refractivity contribution in [2.45, 2.75) is 12.8 Å². The molecular formula is C13H16O5. The smallest absolute Gasteiger partial charge is 0.305 e. The highest BCUT2D eigenvalue weighted by atomic mass is 16.5. The fourth-order valence-electron chi connectivity index (χ4n) is 1.56. The zero-order valence-electron chi connectivity index (χ0n) is 10.7. The number of Topliss-reactive ketones (excluding diaryl/α,β-unsaturated/α-hetero) is 1. The maximum atomic E-state index is 12.0. The molecular weight excluding hydrogens is 236 g/mol. The van der Waals surface area contributed by atoms with Gasteiger partial charge in [-0.25, -0.2) is 0 Å². The third kappa shape index (κ3) is 3.23. The molecule has 1 aromatic rings. The largest absolute Gasteiger partial charge is 0.493 e. The summed E-state index contributed by atoms with van der Waals surface area (Å²) in [5, 5.41) is 0. The molecule has 0 amide bonds. The van der Waals surface area contributed by atoms with Crippen LogP contribution in [0.1, 0.15) is 23.2 Å². The van der Waals surface area contributed by atoms with Crippen LogP contribution >= 0.6 is 0 Å². The summed E-state index contributed by atoms with van der Waals surface area (Å²) >= 11 is 0. The van der Waals surface area contributed by atoms with Crippen molar-refractivity contribution in [3.63, 3.8) is 0 Å². The Morgan fingerprint density at radius 3 is 2.33 bits per heavy atom. The summed E-state index contributed by atoms with van der Waals surface area (Å²) in [5.41, 5.74) is 0.403. The van der Waals surface area contributed by atoms with Crippen LogP contribution in [0.15, 0.2) is 18.2 Å². The molecule has 0 saturated carbocycles. The number of para-hydroxylation sites is 1. The summed E-state index contributed by atoms with van der Waals surface area (Å²) < 4.78 is 14.8. The zero-order valence-corrected chi connectivity index (χ0v) is 10.7. The number of carbonyl (C=O) groups excluding carboxylic acids is 2. The van der Waals surface area contributed by atoms with E-state index in [2.05, 4.69) is 4.74 Å². The molecule has 0 aliphatic rings. The molecule has 0 saturated heterocycles. The minimum absolute atomic E-state index is 0.0513. The second-order valence-corrected chi connectivity index (χ2v) is 3.54. The van der Waals surface area contributed by atoms with Gasteiger partial charge in [-0.15, -0.1) is 0 Å². The van der Waals surface area contributed by atoms with Gasteiger partial charge in [0, 0.05) is 6.42 Å². The molecule has 0 spiro atoms. The molecule has 1 rings (SSSR count). The van der Waals surface area contributed by atoms with E-state index in [1.165, 1.54) is 21.3 Å². The number of esters is 1. The van der Waals surface area contributed by atoms with Crippen molar-refractivity contribution < 1.29 is 23.8 Å². The van der Waals surface area contributed by atoms with Gasteiger partial charge < -0.3 is 14.2 Å². The van der Waals surface area contributed by atoms with E-state index in [-0.39, 0.29) is 18.6 Å². The number of ketones is 1. The monoisotopic (exact) mass is 252 g/mol. The van der Waals surface area contributed by atoms with E-state index < -0.39 is 5.97 Å². The van der Waals surface area contributed by atoms with Gasteiger partial charge in [-0.3, -0.25) is 9.59 Å². The van der Waals surface area contributed by atoms with E-state index >= 15 is 0 Å². The topological polar surface area (TPSA) is 61.8 Å². The Labute approximate surface area is 106 Å². The average molecular weight is 252 g/mol. The molecule has 0 N–H and O–H groups in total. The van der Waals surface area contributed by atoms with Gasteiger partial charge in [0.25, 0.3) is 0 Å². The van der Waals surface area contributed by atoms with Gasteiger partial charge in [-0.1, -0.05) is 6.07 Å². The summed E-state index contributed by atoms with van der Waals surface area (Å²) in [7, 11) is 4.26. The molecule has 0 bridgehead atoms. The number of methoxy groups -OCH3 is 3. The van der Waals surface area contributed by atoms with Crippen LogP contribution in [0.2, 0.25) is 0 Å². The quantitative estimate of drug-likeness (QED) is 0.571. The standard InChI is InChI=1S/C13H16O5/c1-16-11-6-4-5-9(13(11)18-3)10(14)7-8-12(15)17-2/h4-6H,7-8H2,1-3H3. The van der Waals surface area contributed by atoms with Crippen molar-refractivity contribution in [2.24, 2.45) is 0 Å². The van der Waals surface area contributed by atoms with Crippen LogP contribution in [-0.2, 0) is 9.53 Å². The Bertz CT molecular complexity index is 439. The van der Waals surface area contributed by atoms with Crippen LogP contribution in [0.4, 0.5) is 0 Å². The summed E-state index contributed by atoms with van der Waals surface area (Å²) in [4.78, 5) is 23.0. The molecule has 0 aliphatic carbocycles. The highest BCUT2D eigenvalue weighted by Gasteiger charge is 2.17. The SMILES string of the molecule is COC(=O)CCC(=O)c1cccc(OC)c1OC. The molecule has 0 radical (unpaired) electrons. The summed E-state index contributed by atoms with van der Waals surface area (Å²) in [6.07, 6.45) is 0.131. The van der Waals surface area contributed by atoms with E-state index in [1.807, 2.05) is 0 Å². The number of benzene rings is 1. The van der Waals surface area contributed by atoms with Crippen LogP contribution in [-0.4, -0.2) is 33.1 Å². The van der Waals surface area contributed by atoms with Gasteiger partial charge in [0.1, 0.15) is 0 Å². The van der Waals surface area contributed by atoms with E-state index in [4.69, 9.17) is 9.47 Å². The molecule has 0 aromatic heterocycles. The summed E-state index contributed by atoms with van der Waals surface area (Å²) in [6.45, 7) is 0. The van der Waals surface area contributed by atoms with Crippen LogP contribution in [0.5, 0.6) is 11.5 Å². The molecule has 0 heterocycles. The second kappa shape index (κ2) is 6.64. The summed E-state index contributed by atoms with van der Waals surface area (Å²) in [6, 6.07) is 5.05. The van der Waals surface area contributed by atoms with Crippen molar-refractivity contribution in [2.75, 3.05) is 21.3 Å².